The molecule has 0 spiro atoms. The first-order valence-electron chi connectivity index (χ1n) is 9.93. The largest absolute Gasteiger partial charge is 0.495 e. The highest BCUT2D eigenvalue weighted by Gasteiger charge is 2.23. The molecule has 8 heteroatoms. The summed E-state index contributed by atoms with van der Waals surface area (Å²) in [6, 6.07) is 6.34. The van der Waals surface area contributed by atoms with Crippen LogP contribution in [0.5, 0.6) is 5.75 Å². The van der Waals surface area contributed by atoms with Gasteiger partial charge in [0.1, 0.15) is 11.6 Å². The molecule has 2 saturated heterocycles. The summed E-state index contributed by atoms with van der Waals surface area (Å²) in [4.78, 5) is 16.4. The monoisotopic (exact) mass is 392 g/mol. The summed E-state index contributed by atoms with van der Waals surface area (Å²) in [6.07, 6.45) is 6.43. The normalized spacial score (nSPS) is 19.6. The van der Waals surface area contributed by atoms with E-state index in [0.29, 0.717) is 13.2 Å². The van der Waals surface area contributed by atoms with Gasteiger partial charge in [0.25, 0.3) is 0 Å². The zero-order valence-electron chi connectivity index (χ0n) is 16.4. The van der Waals surface area contributed by atoms with E-state index in [1.165, 1.54) is 0 Å². The molecule has 0 bridgehead atoms. The number of rotatable bonds is 4. The van der Waals surface area contributed by atoms with Crippen molar-refractivity contribution in [3.8, 4) is 16.9 Å². The van der Waals surface area contributed by atoms with E-state index in [9.17, 15) is 0 Å². The number of pyridine rings is 3. The van der Waals surface area contributed by atoms with Crippen LogP contribution >= 0.6 is 0 Å². The van der Waals surface area contributed by atoms with Crippen molar-refractivity contribution in [1.29, 1.82) is 0 Å². The van der Waals surface area contributed by atoms with Crippen molar-refractivity contribution in [1.82, 2.24) is 25.8 Å². The fraction of sp³-hybridized carbons (Fsp3) is 0.381. The van der Waals surface area contributed by atoms with Crippen molar-refractivity contribution < 1.29 is 9.47 Å². The molecular weight excluding hydrogens is 368 g/mol. The van der Waals surface area contributed by atoms with E-state index in [2.05, 4.69) is 26.8 Å². The van der Waals surface area contributed by atoms with E-state index in [0.717, 1.165) is 65.3 Å². The number of fused-ring (bicyclic) bond motifs is 1. The molecule has 2 aliphatic heterocycles. The second kappa shape index (κ2) is 7.90. The van der Waals surface area contributed by atoms with Gasteiger partial charge in [-0.05, 0) is 30.2 Å². The molecule has 0 amide bonds. The quantitative estimate of drug-likeness (QED) is 0.698. The topological polar surface area (TPSA) is 84.4 Å². The zero-order valence-corrected chi connectivity index (χ0v) is 16.4. The molecule has 5 heterocycles. The van der Waals surface area contributed by atoms with Crippen LogP contribution in [0.1, 0.15) is 18.2 Å². The molecule has 150 valence electrons. The van der Waals surface area contributed by atoms with E-state index < -0.39 is 0 Å². The first-order chi connectivity index (χ1) is 14.3. The predicted octanol–water partition coefficient (Wildman–Crippen LogP) is 2.08. The third-order valence-electron chi connectivity index (χ3n) is 5.50. The Kier molecular flexibility index (Phi) is 4.97. The Bertz CT molecular complexity index is 1020. The molecule has 2 N–H and O–H groups in total. The Morgan fingerprint density at radius 1 is 1.21 bits per heavy atom. The Morgan fingerprint density at radius 2 is 2.10 bits per heavy atom. The van der Waals surface area contributed by atoms with Crippen molar-refractivity contribution >= 4 is 16.7 Å². The van der Waals surface area contributed by atoms with Crippen LogP contribution in [0.3, 0.4) is 0 Å². The molecule has 2 fully saturated rings. The number of morpholine rings is 1. The smallest absolute Gasteiger partial charge is 0.137 e. The van der Waals surface area contributed by atoms with Gasteiger partial charge in [0.05, 0.1) is 43.8 Å². The minimum absolute atomic E-state index is 0.141. The van der Waals surface area contributed by atoms with Crippen LogP contribution in [0.25, 0.3) is 22.0 Å². The molecule has 0 aliphatic carbocycles. The highest BCUT2D eigenvalue weighted by molar-refractivity contribution is 5.97. The molecule has 0 aromatic carbocycles. The van der Waals surface area contributed by atoms with Crippen molar-refractivity contribution in [2.75, 3.05) is 44.9 Å². The van der Waals surface area contributed by atoms with Gasteiger partial charge in [0.15, 0.2) is 0 Å². The van der Waals surface area contributed by atoms with Crippen LogP contribution in [0.4, 0.5) is 5.82 Å². The number of aromatic nitrogens is 3. The van der Waals surface area contributed by atoms with Crippen molar-refractivity contribution in [2.45, 2.75) is 12.5 Å². The second-order valence-electron chi connectivity index (χ2n) is 7.25. The Labute approximate surface area is 169 Å². The van der Waals surface area contributed by atoms with Gasteiger partial charge in [-0.25, -0.2) is 10.4 Å². The molecule has 5 rings (SSSR count). The highest BCUT2D eigenvalue weighted by Crippen LogP contribution is 2.35. The number of nitrogens with one attached hydrogen (secondary N) is 2. The van der Waals surface area contributed by atoms with Gasteiger partial charge in [-0.3, -0.25) is 15.4 Å². The Morgan fingerprint density at radius 3 is 2.90 bits per heavy atom. The average molecular weight is 392 g/mol. The first kappa shape index (κ1) is 18.2. The van der Waals surface area contributed by atoms with Gasteiger partial charge in [-0.2, -0.15) is 0 Å². The van der Waals surface area contributed by atoms with E-state index in [1.807, 2.05) is 24.5 Å². The van der Waals surface area contributed by atoms with Gasteiger partial charge in [0.2, 0.25) is 0 Å². The molecule has 0 radical (unpaired) electrons. The average Bonchev–Trinajstić information content (AvgIpc) is 3.33. The maximum absolute atomic E-state index is 5.53. The number of ether oxygens (including phenoxy) is 2. The van der Waals surface area contributed by atoms with Crippen LogP contribution in [-0.2, 0) is 4.74 Å². The van der Waals surface area contributed by atoms with E-state index in [4.69, 9.17) is 19.4 Å². The number of methoxy groups -OCH3 is 1. The van der Waals surface area contributed by atoms with Crippen LogP contribution in [0, 0.1) is 0 Å². The molecule has 1 atom stereocenters. The third-order valence-corrected chi connectivity index (χ3v) is 5.50. The number of nitrogens with zero attached hydrogens (tertiary/aromatic N) is 4. The molecular formula is C21H24N6O2. The summed E-state index contributed by atoms with van der Waals surface area (Å²) < 4.78 is 10.9. The summed E-state index contributed by atoms with van der Waals surface area (Å²) in [6.45, 7) is 3.99. The summed E-state index contributed by atoms with van der Waals surface area (Å²) in [5, 5.41) is 1.07. The van der Waals surface area contributed by atoms with Gasteiger partial charge < -0.3 is 14.4 Å². The molecule has 3 aromatic heterocycles. The van der Waals surface area contributed by atoms with Gasteiger partial charge in [-0.15, -0.1) is 0 Å². The molecule has 2 aliphatic rings. The fourth-order valence-corrected chi connectivity index (χ4v) is 3.97. The zero-order chi connectivity index (χ0) is 19.6. The molecule has 0 saturated carbocycles. The lowest BCUT2D eigenvalue weighted by atomic mass is 10.00. The summed E-state index contributed by atoms with van der Waals surface area (Å²) in [7, 11) is 1.66. The van der Waals surface area contributed by atoms with E-state index in [1.54, 1.807) is 13.3 Å². The summed E-state index contributed by atoms with van der Waals surface area (Å²) in [5.74, 6) is 1.68. The second-order valence-corrected chi connectivity index (χ2v) is 7.25. The lowest BCUT2D eigenvalue weighted by molar-refractivity contribution is 0.122. The summed E-state index contributed by atoms with van der Waals surface area (Å²) >= 11 is 0. The SMILES string of the molecule is COc1cncc(-c2cc(N3CCOCC3)nc3c(C4CCNN4)nccc23)c1. The van der Waals surface area contributed by atoms with Crippen LogP contribution in [0.2, 0.25) is 0 Å². The van der Waals surface area contributed by atoms with E-state index >= 15 is 0 Å². The summed E-state index contributed by atoms with van der Waals surface area (Å²) in [5.41, 5.74) is 10.5. The lowest BCUT2D eigenvalue weighted by Crippen LogP contribution is -2.36. The fourth-order valence-electron chi connectivity index (χ4n) is 3.97. The van der Waals surface area contributed by atoms with Crippen LogP contribution in [-0.4, -0.2) is 54.9 Å². The lowest BCUT2D eigenvalue weighted by Gasteiger charge is -2.29. The van der Waals surface area contributed by atoms with Gasteiger partial charge in [0, 0.05) is 43.0 Å². The molecule has 29 heavy (non-hydrogen) atoms. The Hall–Kier alpha value is -2.81. The molecule has 8 nitrogen and oxygen atoms in total. The van der Waals surface area contributed by atoms with E-state index in [-0.39, 0.29) is 6.04 Å². The van der Waals surface area contributed by atoms with Crippen LogP contribution < -0.4 is 20.5 Å². The number of hydrazine groups is 1. The maximum atomic E-state index is 5.53. The Balaban J connectivity index is 1.72. The number of anilines is 1. The van der Waals surface area contributed by atoms with Crippen molar-refractivity contribution in [3.05, 3.63) is 42.5 Å². The molecule has 1 unspecified atom stereocenters. The maximum Gasteiger partial charge on any atom is 0.137 e. The highest BCUT2D eigenvalue weighted by atomic mass is 16.5. The minimum atomic E-state index is 0.141. The van der Waals surface area contributed by atoms with Crippen molar-refractivity contribution in [3.63, 3.8) is 0 Å². The minimum Gasteiger partial charge on any atom is -0.495 e. The first-order valence-corrected chi connectivity index (χ1v) is 9.93. The number of hydrogen-bond donors (Lipinski definition) is 2. The predicted molar refractivity (Wildman–Crippen MR) is 111 cm³/mol. The third kappa shape index (κ3) is 3.50. The number of hydrogen-bond acceptors (Lipinski definition) is 8. The van der Waals surface area contributed by atoms with Crippen molar-refractivity contribution in [2.24, 2.45) is 0 Å². The van der Waals surface area contributed by atoms with Gasteiger partial charge >= 0.3 is 0 Å². The molecule has 3 aromatic rings. The van der Waals surface area contributed by atoms with Gasteiger partial charge in [-0.1, -0.05) is 0 Å². The van der Waals surface area contributed by atoms with Crippen LogP contribution in [0.15, 0.2) is 36.8 Å². The standard InChI is InChI=1S/C21H24N6O2/c1-28-15-10-14(12-22-13-15)17-11-19(27-6-8-29-9-7-27)25-20-16(17)2-4-23-21(20)18-3-5-24-26-18/h2,4,10-13,18,24,26H,3,5-9H2,1H3.